The van der Waals surface area contributed by atoms with Gasteiger partial charge in [0.25, 0.3) is 0 Å². The minimum Gasteiger partial charge on any atom is -0.265 e. The van der Waals surface area contributed by atoms with Crippen LogP contribution in [0.4, 0.5) is 0 Å². The van der Waals surface area contributed by atoms with Crippen molar-refractivity contribution in [3.05, 3.63) is 264 Å². The van der Waals surface area contributed by atoms with E-state index in [-0.39, 0.29) is 0 Å². The van der Waals surface area contributed by atoms with Crippen molar-refractivity contribution in [1.82, 2.24) is 19.9 Å². The third-order valence-electron chi connectivity index (χ3n) is 13.0. The van der Waals surface area contributed by atoms with Crippen molar-refractivity contribution in [3.8, 4) is 0 Å². The molecule has 0 saturated carbocycles. The van der Waals surface area contributed by atoms with Crippen LogP contribution in [0, 0.1) is 0 Å². The maximum absolute atomic E-state index is 4.55. The molecular weight excluding hydrogens is 785 g/mol. The van der Waals surface area contributed by atoms with E-state index in [0.29, 0.717) is 0 Å². The van der Waals surface area contributed by atoms with E-state index >= 15 is 0 Å². The molecule has 0 N–H and O–H groups in total. The summed E-state index contributed by atoms with van der Waals surface area (Å²) in [6.45, 7) is 5.29. The Bertz CT molecular complexity index is 2570. The van der Waals surface area contributed by atoms with Crippen molar-refractivity contribution in [3.63, 3.8) is 0 Å². The van der Waals surface area contributed by atoms with Gasteiger partial charge in [0, 0.05) is 49.6 Å². The number of pyridine rings is 4. The molecule has 8 aromatic rings. The summed E-state index contributed by atoms with van der Waals surface area (Å²) >= 11 is 0. The third kappa shape index (κ3) is 6.87. The quantitative estimate of drug-likeness (QED) is 0.122. The Labute approximate surface area is 366 Å². The Morgan fingerprint density at radius 2 is 0.452 bits per heavy atom. The maximum Gasteiger partial charge on any atom is 0.118 e. The molecule has 0 aliphatic carbocycles. The topological polar surface area (TPSA) is 51.6 Å². The molecule has 0 amide bonds. The van der Waals surface area contributed by atoms with Gasteiger partial charge in [0.1, 0.15) is 16.1 Å². The lowest BCUT2D eigenvalue weighted by Gasteiger charge is -2.37. The molecule has 6 heterocycles. The third-order valence-corrected chi connectivity index (χ3v) is 22.5. The van der Waals surface area contributed by atoms with Gasteiger partial charge in [0.2, 0.25) is 0 Å². The lowest BCUT2D eigenvalue weighted by atomic mass is 9.89. The molecule has 0 spiro atoms. The van der Waals surface area contributed by atoms with Crippen LogP contribution >= 0.6 is 0 Å². The summed E-state index contributed by atoms with van der Waals surface area (Å²) < 4.78 is 0. The van der Waals surface area contributed by atoms with Crippen LogP contribution < -0.4 is 0 Å². The van der Waals surface area contributed by atoms with Crippen LogP contribution in [-0.4, -0.2) is 36.1 Å². The molecule has 2 aliphatic heterocycles. The number of rotatable bonds is 11. The summed E-state index contributed by atoms with van der Waals surface area (Å²) in [5, 5.41) is 5.84. The Morgan fingerprint density at radius 1 is 0.258 bits per heavy atom. The predicted molar refractivity (Wildman–Crippen MR) is 263 cm³/mol. The predicted octanol–water partition coefficient (Wildman–Crippen LogP) is 13.4. The summed E-state index contributed by atoms with van der Waals surface area (Å²) in [5.41, 5.74) is 15.2. The SMILES string of the molecule is C[Si]1(CC[Si]2(C)C(c3ccncc3)=C(c3ccccc3)C(c3ccccc3)=C2c2ccncc2)C(c2ccncc2)=C(c2ccccc2)C(c2ccccc2)=C1c1ccncc1. The number of aromatic nitrogens is 4. The summed E-state index contributed by atoms with van der Waals surface area (Å²) in [6.07, 6.45) is 15.7. The summed E-state index contributed by atoms with van der Waals surface area (Å²) in [6, 6.07) is 64.2. The maximum atomic E-state index is 4.55. The van der Waals surface area contributed by atoms with Gasteiger partial charge in [-0.3, -0.25) is 19.9 Å². The van der Waals surface area contributed by atoms with Crippen LogP contribution in [0.5, 0.6) is 0 Å². The zero-order chi connectivity index (χ0) is 41.9. The number of hydrogen-bond acceptors (Lipinski definition) is 4. The van der Waals surface area contributed by atoms with Gasteiger partial charge in [0.05, 0.1) is 0 Å². The van der Waals surface area contributed by atoms with E-state index in [4.69, 9.17) is 0 Å². The molecule has 0 fully saturated rings. The summed E-state index contributed by atoms with van der Waals surface area (Å²) in [7, 11) is -5.46. The molecule has 0 saturated heterocycles. The average Bonchev–Trinajstić information content (AvgIpc) is 3.79. The first kappa shape index (κ1) is 39.0. The fraction of sp³-hybridized carbons (Fsp3) is 0.0714. The van der Waals surface area contributed by atoms with Crippen LogP contribution in [0.2, 0.25) is 25.2 Å². The van der Waals surface area contributed by atoms with Gasteiger partial charge < -0.3 is 0 Å². The second-order valence-electron chi connectivity index (χ2n) is 16.6. The van der Waals surface area contributed by atoms with E-state index < -0.39 is 16.1 Å². The van der Waals surface area contributed by atoms with Crippen LogP contribution in [-0.2, 0) is 0 Å². The van der Waals surface area contributed by atoms with Crippen LogP contribution in [0.3, 0.4) is 0 Å². The highest BCUT2D eigenvalue weighted by Gasteiger charge is 2.52. The standard InChI is InChI=1S/C56H46N4Si2/c1-61(53(45-23-31-57-32-24-45)49(41-15-7-3-8-16-41)50(42-17-9-4-10-18-42)54(61)46-25-33-58-34-26-46)39-40-62(2)55(47-27-35-59-36-28-47)51(43-19-11-5-12-20-43)52(44-21-13-6-14-22-44)56(62)48-29-37-60-38-30-48/h3-38H,39-40H2,1-2H3. The fourth-order valence-electron chi connectivity index (χ4n) is 10.4. The van der Waals surface area contributed by atoms with Crippen LogP contribution in [0.15, 0.2) is 219 Å². The minimum absolute atomic E-state index is 1.02. The molecule has 62 heavy (non-hydrogen) atoms. The van der Waals surface area contributed by atoms with Crippen molar-refractivity contribution < 1.29 is 0 Å². The Balaban J connectivity index is 1.29. The van der Waals surface area contributed by atoms with Crippen molar-refractivity contribution in [1.29, 1.82) is 0 Å². The van der Waals surface area contributed by atoms with E-state index in [1.807, 2.05) is 49.6 Å². The molecule has 0 radical (unpaired) electrons. The van der Waals surface area contributed by atoms with Gasteiger partial charge in [-0.25, -0.2) is 0 Å². The largest absolute Gasteiger partial charge is 0.265 e. The lowest BCUT2D eigenvalue weighted by Crippen LogP contribution is -2.39. The van der Waals surface area contributed by atoms with Gasteiger partial charge in [-0.2, -0.15) is 0 Å². The summed E-state index contributed by atoms with van der Waals surface area (Å²) in [4.78, 5) is 18.2. The van der Waals surface area contributed by atoms with Crippen molar-refractivity contribution in [2.24, 2.45) is 0 Å². The normalized spacial score (nSPS) is 15.7. The van der Waals surface area contributed by atoms with Crippen LogP contribution in [0.1, 0.15) is 44.5 Å². The van der Waals surface area contributed by atoms with Gasteiger partial charge in [-0.05, 0) is 136 Å². The summed E-state index contributed by atoms with van der Waals surface area (Å²) in [5.74, 6) is 0. The highest BCUT2D eigenvalue weighted by molar-refractivity contribution is 7.17. The molecule has 298 valence electrons. The van der Waals surface area contributed by atoms with Gasteiger partial charge >= 0.3 is 0 Å². The second kappa shape index (κ2) is 16.7. The van der Waals surface area contributed by atoms with Crippen molar-refractivity contribution >= 4 is 59.2 Å². The molecule has 4 aromatic carbocycles. The molecule has 0 unspecified atom stereocenters. The Morgan fingerprint density at radius 3 is 0.645 bits per heavy atom. The van der Waals surface area contributed by atoms with E-state index in [1.165, 1.54) is 87.6 Å². The molecule has 10 rings (SSSR count). The zero-order valence-electron chi connectivity index (χ0n) is 35.0. The van der Waals surface area contributed by atoms with Crippen molar-refractivity contribution in [2.75, 3.05) is 0 Å². The number of benzene rings is 4. The Kier molecular flexibility index (Phi) is 10.5. The molecule has 0 bridgehead atoms. The zero-order valence-corrected chi connectivity index (χ0v) is 37.0. The monoisotopic (exact) mass is 830 g/mol. The lowest BCUT2D eigenvalue weighted by molar-refractivity contribution is 1.29. The van der Waals surface area contributed by atoms with Gasteiger partial charge in [0.15, 0.2) is 0 Å². The molecule has 4 aromatic heterocycles. The van der Waals surface area contributed by atoms with Crippen molar-refractivity contribution in [2.45, 2.75) is 25.2 Å². The molecule has 6 heteroatoms. The molecule has 0 atom stereocenters. The van der Waals surface area contributed by atoms with Crippen LogP contribution in [0.25, 0.3) is 43.1 Å². The minimum atomic E-state index is -2.73. The average molecular weight is 831 g/mol. The molecular formula is C56H46N4Si2. The first-order valence-electron chi connectivity index (χ1n) is 21.4. The Hall–Kier alpha value is -7.13. The highest BCUT2D eigenvalue weighted by Crippen LogP contribution is 2.61. The highest BCUT2D eigenvalue weighted by atomic mass is 28.3. The smallest absolute Gasteiger partial charge is 0.118 e. The fourth-order valence-corrected chi connectivity index (χ4v) is 22.4. The van der Waals surface area contributed by atoms with E-state index in [0.717, 1.165) is 12.1 Å². The van der Waals surface area contributed by atoms with Gasteiger partial charge in [-0.15, -0.1) is 0 Å². The van der Waals surface area contributed by atoms with Gasteiger partial charge in [-0.1, -0.05) is 147 Å². The molecule has 4 nitrogen and oxygen atoms in total. The number of allylic oxidation sites excluding steroid dienone is 4. The first-order valence-corrected chi connectivity index (χ1v) is 26.8. The molecule has 2 aliphatic rings. The number of nitrogens with zero attached hydrogens (tertiary/aromatic N) is 4. The van der Waals surface area contributed by atoms with E-state index in [9.17, 15) is 0 Å². The number of hydrogen-bond donors (Lipinski definition) is 0. The van der Waals surface area contributed by atoms with E-state index in [2.05, 4.69) is 203 Å². The van der Waals surface area contributed by atoms with E-state index in [1.54, 1.807) is 0 Å². The second-order valence-corrected chi connectivity index (χ2v) is 24.9. The first-order chi connectivity index (χ1) is 30.6.